The van der Waals surface area contributed by atoms with Crippen molar-refractivity contribution in [3.05, 3.63) is 17.0 Å². The zero-order valence-electron chi connectivity index (χ0n) is 13.5. The van der Waals surface area contributed by atoms with Gasteiger partial charge in [0, 0.05) is 19.1 Å². The minimum atomic E-state index is -3.45. The lowest BCUT2D eigenvalue weighted by Crippen LogP contribution is -2.37. The van der Waals surface area contributed by atoms with E-state index in [-0.39, 0.29) is 16.2 Å². The number of amides is 1. The number of rotatable bonds is 4. The SMILES string of the molecule is CC1CCN(S(=O)(=O)c2ccc(C(=O)NC3CCCC3)s2)CC1. The normalized spacial score (nSPS) is 21.6. The van der Waals surface area contributed by atoms with Gasteiger partial charge in [-0.05, 0) is 43.7 Å². The van der Waals surface area contributed by atoms with E-state index < -0.39 is 10.0 Å². The first-order valence-corrected chi connectivity index (χ1v) is 10.6. The molecule has 0 bridgehead atoms. The fraction of sp³-hybridized carbons (Fsp3) is 0.688. The summed E-state index contributed by atoms with van der Waals surface area (Å²) in [6.45, 7) is 3.30. The highest BCUT2D eigenvalue weighted by Gasteiger charge is 2.30. The maximum atomic E-state index is 12.7. The molecule has 1 aliphatic carbocycles. The zero-order chi connectivity index (χ0) is 16.4. The molecule has 0 atom stereocenters. The number of carbonyl (C=O) groups excluding carboxylic acids is 1. The van der Waals surface area contributed by atoms with Gasteiger partial charge in [0.15, 0.2) is 0 Å². The van der Waals surface area contributed by atoms with Crippen LogP contribution in [-0.2, 0) is 10.0 Å². The van der Waals surface area contributed by atoms with Crippen molar-refractivity contribution in [3.63, 3.8) is 0 Å². The second-order valence-electron chi connectivity index (χ2n) is 6.66. The first-order valence-electron chi connectivity index (χ1n) is 8.37. The smallest absolute Gasteiger partial charge is 0.261 e. The van der Waals surface area contributed by atoms with Gasteiger partial charge in [0.05, 0.1) is 4.88 Å². The molecule has 0 spiro atoms. The Labute approximate surface area is 142 Å². The summed E-state index contributed by atoms with van der Waals surface area (Å²) in [7, 11) is -3.45. The van der Waals surface area contributed by atoms with Crippen molar-refractivity contribution >= 4 is 27.3 Å². The van der Waals surface area contributed by atoms with Crippen molar-refractivity contribution in [2.24, 2.45) is 5.92 Å². The zero-order valence-corrected chi connectivity index (χ0v) is 15.1. The standard InChI is InChI=1S/C16H24N2O3S2/c1-12-8-10-18(11-9-12)23(20,21)15-7-6-14(22-15)16(19)17-13-4-2-3-5-13/h6-7,12-13H,2-5,8-11H2,1H3,(H,17,19). The number of nitrogens with zero attached hydrogens (tertiary/aromatic N) is 1. The van der Waals surface area contributed by atoms with Gasteiger partial charge >= 0.3 is 0 Å². The molecule has 1 saturated heterocycles. The van der Waals surface area contributed by atoms with E-state index in [1.807, 2.05) is 0 Å². The van der Waals surface area contributed by atoms with Gasteiger partial charge in [-0.2, -0.15) is 4.31 Å². The topological polar surface area (TPSA) is 66.5 Å². The summed E-state index contributed by atoms with van der Waals surface area (Å²) in [5.41, 5.74) is 0. The second kappa shape index (κ2) is 6.91. The van der Waals surface area contributed by atoms with Gasteiger partial charge in [0.25, 0.3) is 15.9 Å². The van der Waals surface area contributed by atoms with E-state index in [2.05, 4.69) is 12.2 Å². The highest BCUT2D eigenvalue weighted by Crippen LogP contribution is 2.28. The van der Waals surface area contributed by atoms with Gasteiger partial charge in [-0.3, -0.25) is 4.79 Å². The highest BCUT2D eigenvalue weighted by atomic mass is 32.2. The lowest BCUT2D eigenvalue weighted by molar-refractivity contribution is 0.0942. The monoisotopic (exact) mass is 356 g/mol. The number of hydrogen-bond donors (Lipinski definition) is 1. The molecule has 5 nitrogen and oxygen atoms in total. The molecule has 1 aromatic rings. The predicted molar refractivity (Wildman–Crippen MR) is 91.2 cm³/mol. The molecule has 0 aromatic carbocycles. The van der Waals surface area contributed by atoms with Crippen LogP contribution in [0.1, 0.15) is 55.1 Å². The fourth-order valence-electron chi connectivity index (χ4n) is 3.26. The molecule has 3 rings (SSSR count). The molecule has 1 saturated carbocycles. The molecule has 1 aromatic heterocycles. The number of hydrogen-bond acceptors (Lipinski definition) is 4. The lowest BCUT2D eigenvalue weighted by Gasteiger charge is -2.28. The largest absolute Gasteiger partial charge is 0.349 e. The molecular formula is C16H24N2O3S2. The number of thiophene rings is 1. The maximum Gasteiger partial charge on any atom is 0.261 e. The summed E-state index contributed by atoms with van der Waals surface area (Å²) in [6.07, 6.45) is 6.16. The molecule has 0 radical (unpaired) electrons. The molecule has 0 unspecified atom stereocenters. The lowest BCUT2D eigenvalue weighted by atomic mass is 10.0. The van der Waals surface area contributed by atoms with Crippen LogP contribution < -0.4 is 5.32 Å². The van der Waals surface area contributed by atoms with Crippen LogP contribution >= 0.6 is 11.3 Å². The van der Waals surface area contributed by atoms with Gasteiger partial charge in [-0.15, -0.1) is 11.3 Å². The number of piperidine rings is 1. The summed E-state index contributed by atoms with van der Waals surface area (Å²) in [6, 6.07) is 3.45. The van der Waals surface area contributed by atoms with Crippen LogP contribution in [-0.4, -0.2) is 37.8 Å². The molecule has 1 aliphatic heterocycles. The van der Waals surface area contributed by atoms with Crippen LogP contribution in [0.15, 0.2) is 16.3 Å². The fourth-order valence-corrected chi connectivity index (χ4v) is 6.09. The van der Waals surface area contributed by atoms with E-state index in [4.69, 9.17) is 0 Å². The van der Waals surface area contributed by atoms with Crippen LogP contribution in [0.3, 0.4) is 0 Å². The Bertz CT molecular complexity index is 655. The Kier molecular flexibility index (Phi) is 5.08. The van der Waals surface area contributed by atoms with E-state index in [0.717, 1.165) is 49.9 Å². The van der Waals surface area contributed by atoms with E-state index in [0.29, 0.717) is 23.9 Å². The second-order valence-corrected chi connectivity index (χ2v) is 9.91. The number of nitrogens with one attached hydrogen (secondary N) is 1. The van der Waals surface area contributed by atoms with Gasteiger partial charge in [0.1, 0.15) is 4.21 Å². The van der Waals surface area contributed by atoms with Crippen molar-refractivity contribution in [3.8, 4) is 0 Å². The van der Waals surface area contributed by atoms with Crippen molar-refractivity contribution in [2.75, 3.05) is 13.1 Å². The average molecular weight is 357 g/mol. The summed E-state index contributed by atoms with van der Waals surface area (Å²) >= 11 is 1.08. The molecule has 2 fully saturated rings. The van der Waals surface area contributed by atoms with Crippen LogP contribution in [0.25, 0.3) is 0 Å². The third-order valence-corrected chi connectivity index (χ3v) is 8.28. The Hall–Kier alpha value is -0.920. The Morgan fingerprint density at radius 3 is 2.48 bits per heavy atom. The average Bonchev–Trinajstić information content (AvgIpc) is 3.19. The molecule has 2 heterocycles. The van der Waals surface area contributed by atoms with Crippen LogP contribution in [0.5, 0.6) is 0 Å². The molecular weight excluding hydrogens is 332 g/mol. The maximum absolute atomic E-state index is 12.7. The van der Waals surface area contributed by atoms with E-state index in [9.17, 15) is 13.2 Å². The third kappa shape index (κ3) is 3.78. The Balaban J connectivity index is 1.69. The molecule has 23 heavy (non-hydrogen) atoms. The van der Waals surface area contributed by atoms with Gasteiger partial charge < -0.3 is 5.32 Å². The molecule has 128 valence electrons. The minimum absolute atomic E-state index is 0.143. The van der Waals surface area contributed by atoms with Crippen LogP contribution in [0, 0.1) is 5.92 Å². The van der Waals surface area contributed by atoms with Gasteiger partial charge in [-0.25, -0.2) is 8.42 Å². The van der Waals surface area contributed by atoms with Crippen molar-refractivity contribution in [2.45, 2.75) is 55.7 Å². The van der Waals surface area contributed by atoms with E-state index in [1.165, 1.54) is 0 Å². The molecule has 7 heteroatoms. The molecule has 1 N–H and O–H groups in total. The van der Waals surface area contributed by atoms with Gasteiger partial charge in [0.2, 0.25) is 0 Å². The van der Waals surface area contributed by atoms with Crippen LogP contribution in [0.4, 0.5) is 0 Å². The summed E-state index contributed by atoms with van der Waals surface area (Å²) < 4.78 is 27.2. The number of sulfonamides is 1. The Morgan fingerprint density at radius 1 is 1.17 bits per heavy atom. The highest BCUT2D eigenvalue weighted by molar-refractivity contribution is 7.91. The predicted octanol–water partition coefficient (Wildman–Crippen LogP) is 2.84. The summed E-state index contributed by atoms with van der Waals surface area (Å²) in [4.78, 5) is 12.7. The van der Waals surface area contributed by atoms with Gasteiger partial charge in [-0.1, -0.05) is 19.8 Å². The third-order valence-electron chi connectivity index (χ3n) is 4.83. The van der Waals surface area contributed by atoms with Crippen LogP contribution in [0.2, 0.25) is 0 Å². The summed E-state index contributed by atoms with van der Waals surface area (Å²) in [5.74, 6) is 0.438. The minimum Gasteiger partial charge on any atom is -0.349 e. The van der Waals surface area contributed by atoms with Crippen molar-refractivity contribution in [1.29, 1.82) is 0 Å². The van der Waals surface area contributed by atoms with Crippen molar-refractivity contribution in [1.82, 2.24) is 9.62 Å². The molecule has 1 amide bonds. The quantitative estimate of drug-likeness (QED) is 0.902. The van der Waals surface area contributed by atoms with E-state index >= 15 is 0 Å². The van der Waals surface area contributed by atoms with E-state index in [1.54, 1.807) is 16.4 Å². The number of carbonyl (C=O) groups is 1. The Morgan fingerprint density at radius 2 is 1.83 bits per heavy atom. The summed E-state index contributed by atoms with van der Waals surface area (Å²) in [5, 5.41) is 3.01. The van der Waals surface area contributed by atoms with Crippen molar-refractivity contribution < 1.29 is 13.2 Å². The first kappa shape index (κ1) is 16.9. The molecule has 2 aliphatic rings. The first-order chi connectivity index (χ1) is 11.0.